The minimum absolute atomic E-state index is 0.171. The first-order valence-electron chi connectivity index (χ1n) is 5.13. The molecule has 1 unspecified atom stereocenters. The molecule has 1 aromatic heterocycles. The molecule has 1 atom stereocenters. The second-order valence-electron chi connectivity index (χ2n) is 3.58. The molecule has 2 heterocycles. The predicted molar refractivity (Wildman–Crippen MR) is 55.5 cm³/mol. The first kappa shape index (κ1) is 9.96. The van der Waals surface area contributed by atoms with Gasteiger partial charge < -0.3 is 9.64 Å². The number of ether oxygens (including phenoxy) is 1. The highest BCUT2D eigenvalue weighted by Crippen LogP contribution is 2.16. The molecule has 4 heteroatoms. The highest BCUT2D eigenvalue weighted by atomic mass is 16.6. The molecule has 15 heavy (non-hydrogen) atoms. The van der Waals surface area contributed by atoms with Crippen molar-refractivity contribution in [1.29, 1.82) is 0 Å². The fraction of sp³-hybridized carbons (Fsp3) is 0.455. The summed E-state index contributed by atoms with van der Waals surface area (Å²) in [5.74, 6) is 0. The molecule has 0 spiro atoms. The Morgan fingerprint density at radius 3 is 2.93 bits per heavy atom. The van der Waals surface area contributed by atoms with Crippen LogP contribution in [0.5, 0.6) is 0 Å². The summed E-state index contributed by atoms with van der Waals surface area (Å²) in [6, 6.07) is 4.11. The van der Waals surface area contributed by atoms with Crippen molar-refractivity contribution in [2.24, 2.45) is 0 Å². The highest BCUT2D eigenvalue weighted by molar-refractivity contribution is 5.70. The van der Waals surface area contributed by atoms with E-state index in [1.807, 2.05) is 19.1 Å². The van der Waals surface area contributed by atoms with Crippen LogP contribution in [0.1, 0.15) is 12.5 Å². The van der Waals surface area contributed by atoms with Crippen molar-refractivity contribution in [1.82, 2.24) is 9.88 Å². The quantitative estimate of drug-likeness (QED) is 0.752. The Hall–Kier alpha value is -1.58. The van der Waals surface area contributed by atoms with E-state index in [2.05, 4.69) is 4.98 Å². The number of carbonyl (C=O) groups excluding carboxylic acids is 1. The number of aromatic nitrogens is 1. The van der Waals surface area contributed by atoms with Crippen molar-refractivity contribution in [3.05, 3.63) is 30.1 Å². The number of carbonyl (C=O) groups is 1. The van der Waals surface area contributed by atoms with Gasteiger partial charge in [-0.25, -0.2) is 4.79 Å². The third-order valence-corrected chi connectivity index (χ3v) is 2.64. The number of hydrogen-bond donors (Lipinski definition) is 0. The summed E-state index contributed by atoms with van der Waals surface area (Å²) in [5.41, 5.74) is 1.19. The Kier molecular flexibility index (Phi) is 2.85. The van der Waals surface area contributed by atoms with Crippen molar-refractivity contribution >= 4 is 6.09 Å². The van der Waals surface area contributed by atoms with E-state index in [-0.39, 0.29) is 12.1 Å². The summed E-state index contributed by atoms with van der Waals surface area (Å²) in [5, 5.41) is 0. The van der Waals surface area contributed by atoms with E-state index in [9.17, 15) is 4.79 Å². The van der Waals surface area contributed by atoms with Crippen LogP contribution < -0.4 is 0 Å². The van der Waals surface area contributed by atoms with Gasteiger partial charge >= 0.3 is 6.09 Å². The van der Waals surface area contributed by atoms with E-state index in [0.717, 1.165) is 6.42 Å². The molecule has 1 amide bonds. The van der Waals surface area contributed by atoms with Crippen LogP contribution in [0, 0.1) is 0 Å². The van der Waals surface area contributed by atoms with Gasteiger partial charge in [0.1, 0.15) is 6.61 Å². The predicted octanol–water partition coefficient (Wildman–Crippen LogP) is 1.46. The maximum atomic E-state index is 11.3. The van der Waals surface area contributed by atoms with E-state index < -0.39 is 0 Å². The lowest BCUT2D eigenvalue weighted by atomic mass is 10.1. The minimum atomic E-state index is -0.198. The summed E-state index contributed by atoms with van der Waals surface area (Å²) < 4.78 is 5.01. The normalized spacial score (nSPS) is 20.5. The first-order chi connectivity index (χ1) is 7.31. The lowest BCUT2D eigenvalue weighted by Gasteiger charge is -2.19. The lowest BCUT2D eigenvalue weighted by molar-refractivity contribution is 0.159. The lowest BCUT2D eigenvalue weighted by Crippen LogP contribution is -2.34. The zero-order valence-electron chi connectivity index (χ0n) is 8.72. The topological polar surface area (TPSA) is 42.4 Å². The van der Waals surface area contributed by atoms with Crippen molar-refractivity contribution in [2.75, 3.05) is 13.2 Å². The van der Waals surface area contributed by atoms with Crippen molar-refractivity contribution in [2.45, 2.75) is 19.4 Å². The van der Waals surface area contributed by atoms with Gasteiger partial charge in [0.2, 0.25) is 0 Å². The van der Waals surface area contributed by atoms with Crippen LogP contribution in [-0.2, 0) is 11.2 Å². The number of hydrogen-bond acceptors (Lipinski definition) is 3. The van der Waals surface area contributed by atoms with Crippen LogP contribution in [0.15, 0.2) is 24.5 Å². The molecule has 0 radical (unpaired) electrons. The van der Waals surface area contributed by atoms with Crippen molar-refractivity contribution in [3.8, 4) is 0 Å². The summed E-state index contributed by atoms with van der Waals surface area (Å²) in [6.45, 7) is 3.16. The average Bonchev–Trinajstić information content (AvgIpc) is 2.61. The summed E-state index contributed by atoms with van der Waals surface area (Å²) >= 11 is 0. The molecule has 1 fully saturated rings. The van der Waals surface area contributed by atoms with Crippen molar-refractivity contribution < 1.29 is 9.53 Å². The number of rotatable bonds is 3. The van der Waals surface area contributed by atoms with Crippen molar-refractivity contribution in [3.63, 3.8) is 0 Å². The fourth-order valence-electron chi connectivity index (χ4n) is 1.84. The summed E-state index contributed by atoms with van der Waals surface area (Å²) in [4.78, 5) is 17.0. The minimum Gasteiger partial charge on any atom is -0.447 e. The third-order valence-electron chi connectivity index (χ3n) is 2.64. The molecular weight excluding hydrogens is 192 g/mol. The van der Waals surface area contributed by atoms with Gasteiger partial charge in [-0.15, -0.1) is 0 Å². The van der Waals surface area contributed by atoms with E-state index in [1.54, 1.807) is 17.3 Å². The Bertz CT molecular complexity index is 340. The van der Waals surface area contributed by atoms with E-state index in [0.29, 0.717) is 13.2 Å². The number of nitrogens with zero attached hydrogens (tertiary/aromatic N) is 2. The maximum Gasteiger partial charge on any atom is 0.410 e. The van der Waals surface area contributed by atoms with Crippen LogP contribution in [0.2, 0.25) is 0 Å². The molecule has 0 saturated carbocycles. The largest absolute Gasteiger partial charge is 0.447 e. The fourth-order valence-corrected chi connectivity index (χ4v) is 1.84. The Balaban J connectivity index is 2.04. The Morgan fingerprint density at radius 1 is 1.53 bits per heavy atom. The van der Waals surface area contributed by atoms with Gasteiger partial charge in [0.05, 0.1) is 6.04 Å². The van der Waals surface area contributed by atoms with Crippen LogP contribution in [-0.4, -0.2) is 35.2 Å². The maximum absolute atomic E-state index is 11.3. The van der Waals surface area contributed by atoms with Gasteiger partial charge in [0.25, 0.3) is 0 Å². The molecule has 0 bridgehead atoms. The smallest absolute Gasteiger partial charge is 0.410 e. The summed E-state index contributed by atoms with van der Waals surface area (Å²) in [7, 11) is 0. The molecule has 0 aromatic carbocycles. The molecule has 4 nitrogen and oxygen atoms in total. The van der Waals surface area contributed by atoms with Gasteiger partial charge in [-0.1, -0.05) is 0 Å². The van der Waals surface area contributed by atoms with Gasteiger partial charge in [0.15, 0.2) is 0 Å². The second kappa shape index (κ2) is 4.29. The molecule has 1 aliphatic rings. The molecule has 0 N–H and O–H groups in total. The van der Waals surface area contributed by atoms with Gasteiger partial charge in [0, 0.05) is 18.9 Å². The second-order valence-corrected chi connectivity index (χ2v) is 3.58. The van der Waals surface area contributed by atoms with Crippen LogP contribution in [0.3, 0.4) is 0 Å². The molecule has 0 aliphatic carbocycles. The van der Waals surface area contributed by atoms with Crippen LogP contribution >= 0.6 is 0 Å². The van der Waals surface area contributed by atoms with E-state index >= 15 is 0 Å². The van der Waals surface area contributed by atoms with Gasteiger partial charge in [-0.3, -0.25) is 4.98 Å². The zero-order chi connectivity index (χ0) is 10.7. The van der Waals surface area contributed by atoms with Gasteiger partial charge in [-0.05, 0) is 31.0 Å². The van der Waals surface area contributed by atoms with Crippen LogP contribution in [0.25, 0.3) is 0 Å². The third kappa shape index (κ3) is 2.09. The Labute approximate surface area is 88.9 Å². The van der Waals surface area contributed by atoms with Crippen LogP contribution in [0.4, 0.5) is 4.79 Å². The monoisotopic (exact) mass is 206 g/mol. The SMILES string of the molecule is CCN1C(=O)OCC1Cc1ccncc1. The number of amides is 1. The number of pyridine rings is 1. The standard InChI is InChI=1S/C11H14N2O2/c1-2-13-10(8-15-11(13)14)7-9-3-5-12-6-4-9/h3-6,10H,2,7-8H2,1H3. The highest BCUT2D eigenvalue weighted by Gasteiger charge is 2.31. The van der Waals surface area contributed by atoms with E-state index in [1.165, 1.54) is 5.56 Å². The molecule has 1 aliphatic heterocycles. The molecule has 1 aromatic rings. The average molecular weight is 206 g/mol. The number of cyclic esters (lactones) is 1. The number of likely N-dealkylation sites (N-methyl/N-ethyl adjacent to an activating group) is 1. The Morgan fingerprint density at radius 2 is 2.27 bits per heavy atom. The first-order valence-corrected chi connectivity index (χ1v) is 5.13. The molecular formula is C11H14N2O2. The summed E-state index contributed by atoms with van der Waals surface area (Å²) in [6.07, 6.45) is 4.17. The molecule has 2 rings (SSSR count). The van der Waals surface area contributed by atoms with E-state index in [4.69, 9.17) is 4.74 Å². The van der Waals surface area contributed by atoms with Gasteiger partial charge in [-0.2, -0.15) is 0 Å². The molecule has 80 valence electrons. The molecule has 1 saturated heterocycles. The zero-order valence-corrected chi connectivity index (χ0v) is 8.72.